The molecule has 35 heavy (non-hydrogen) atoms. The van der Waals surface area contributed by atoms with Crippen LogP contribution in [0.4, 0.5) is 14.6 Å². The van der Waals surface area contributed by atoms with Crippen molar-refractivity contribution < 1.29 is 23.1 Å². The third-order valence-corrected chi connectivity index (χ3v) is 5.18. The molecule has 0 bridgehead atoms. The third kappa shape index (κ3) is 5.46. The lowest BCUT2D eigenvalue weighted by molar-refractivity contribution is -0.120. The van der Waals surface area contributed by atoms with Crippen LogP contribution in [0, 0.1) is 29.4 Å². The number of amides is 2. The number of rotatable bonds is 4. The van der Waals surface area contributed by atoms with Crippen LogP contribution in [-0.2, 0) is 11.3 Å². The van der Waals surface area contributed by atoms with Gasteiger partial charge in [-0.1, -0.05) is 31.9 Å². The zero-order valence-corrected chi connectivity index (χ0v) is 19.4. The number of hydrogen-bond donors (Lipinski definition) is 1. The summed E-state index contributed by atoms with van der Waals surface area (Å²) in [5.74, 6) is 4.17. The van der Waals surface area contributed by atoms with Crippen LogP contribution < -0.4 is 15.0 Å². The fourth-order valence-electron chi connectivity index (χ4n) is 3.40. The fraction of sp³-hybridized carbons (Fsp3) is 0.280. The standard InChI is InChI=1S/C25H23F2N5O3/c1-15(2)4-9-18-10-11-21-23(28-18)31(3)25(34)20(14-35-21)29-24(33)22-19(27)13-32(30-22)12-16-5-7-17(26)8-6-16/h5-8,10-11,13,15,20H,12,14H2,1-3H3,(H,29,33)/t20-/m0/s1. The number of pyridine rings is 1. The van der Waals surface area contributed by atoms with Crippen LogP contribution in [0.2, 0.25) is 0 Å². The zero-order valence-electron chi connectivity index (χ0n) is 19.4. The van der Waals surface area contributed by atoms with Crippen molar-refractivity contribution in [3.8, 4) is 17.6 Å². The fourth-order valence-corrected chi connectivity index (χ4v) is 3.40. The topological polar surface area (TPSA) is 89.4 Å². The number of anilines is 1. The number of nitrogens with zero attached hydrogens (tertiary/aromatic N) is 4. The number of aromatic nitrogens is 3. The van der Waals surface area contributed by atoms with Crippen molar-refractivity contribution in [1.82, 2.24) is 20.1 Å². The summed E-state index contributed by atoms with van der Waals surface area (Å²) in [5, 5.41) is 6.48. The zero-order chi connectivity index (χ0) is 25.1. The van der Waals surface area contributed by atoms with Gasteiger partial charge in [0.1, 0.15) is 24.2 Å². The second kappa shape index (κ2) is 9.93. The minimum absolute atomic E-state index is 0.141. The average molecular weight is 479 g/mol. The first-order chi connectivity index (χ1) is 16.7. The van der Waals surface area contributed by atoms with Crippen molar-refractivity contribution in [1.29, 1.82) is 0 Å². The van der Waals surface area contributed by atoms with Gasteiger partial charge in [-0.25, -0.2) is 13.8 Å². The van der Waals surface area contributed by atoms with E-state index in [1.54, 1.807) is 12.1 Å². The largest absolute Gasteiger partial charge is 0.487 e. The second-order valence-corrected chi connectivity index (χ2v) is 8.33. The molecular weight excluding hydrogens is 456 g/mol. The predicted octanol–water partition coefficient (Wildman–Crippen LogP) is 2.77. The summed E-state index contributed by atoms with van der Waals surface area (Å²) in [6, 6.07) is 7.91. The van der Waals surface area contributed by atoms with E-state index in [1.807, 2.05) is 13.8 Å². The summed E-state index contributed by atoms with van der Waals surface area (Å²) < 4.78 is 34.5. The Bertz CT molecular complexity index is 1330. The number of likely N-dealkylation sites (N-methyl/N-ethyl adjacent to an activating group) is 1. The van der Waals surface area contributed by atoms with E-state index < -0.39 is 35.2 Å². The van der Waals surface area contributed by atoms with Crippen LogP contribution in [-0.4, -0.2) is 46.3 Å². The summed E-state index contributed by atoms with van der Waals surface area (Å²) >= 11 is 0. The number of benzene rings is 1. The molecule has 1 aromatic carbocycles. The first kappa shape index (κ1) is 23.9. The molecule has 0 saturated carbocycles. The molecule has 0 aliphatic carbocycles. The van der Waals surface area contributed by atoms with E-state index in [-0.39, 0.29) is 24.9 Å². The molecule has 3 heterocycles. The lowest BCUT2D eigenvalue weighted by Gasteiger charge is -2.19. The van der Waals surface area contributed by atoms with E-state index >= 15 is 0 Å². The molecule has 0 radical (unpaired) electrons. The van der Waals surface area contributed by atoms with Crippen LogP contribution in [0.5, 0.6) is 5.75 Å². The van der Waals surface area contributed by atoms with Crippen molar-refractivity contribution in [2.24, 2.45) is 5.92 Å². The normalized spacial score (nSPS) is 15.1. The maximum atomic E-state index is 14.5. The Hall–Kier alpha value is -4.26. The number of ether oxygens (including phenoxy) is 1. The van der Waals surface area contributed by atoms with Crippen molar-refractivity contribution in [2.75, 3.05) is 18.6 Å². The van der Waals surface area contributed by atoms with Crippen molar-refractivity contribution >= 4 is 17.6 Å². The number of nitrogens with one attached hydrogen (secondary N) is 1. The van der Waals surface area contributed by atoms with Gasteiger partial charge in [-0.3, -0.25) is 19.2 Å². The van der Waals surface area contributed by atoms with Gasteiger partial charge in [-0.2, -0.15) is 5.10 Å². The molecule has 2 amide bonds. The number of carbonyl (C=O) groups is 2. The van der Waals surface area contributed by atoms with Gasteiger partial charge in [0, 0.05) is 13.0 Å². The van der Waals surface area contributed by atoms with E-state index in [1.165, 1.54) is 40.9 Å². The van der Waals surface area contributed by atoms with Gasteiger partial charge in [0.05, 0.1) is 12.7 Å². The molecule has 0 spiro atoms. The summed E-state index contributed by atoms with van der Waals surface area (Å²) in [4.78, 5) is 31.4. The Morgan fingerprint density at radius 1 is 1.23 bits per heavy atom. The summed E-state index contributed by atoms with van der Waals surface area (Å²) in [6.45, 7) is 3.88. The molecule has 1 N–H and O–H groups in total. The molecule has 2 aromatic heterocycles. The van der Waals surface area contributed by atoms with E-state index in [0.717, 1.165) is 6.20 Å². The Balaban J connectivity index is 1.48. The van der Waals surface area contributed by atoms with Crippen molar-refractivity contribution in [3.05, 3.63) is 71.2 Å². The quantitative estimate of drug-likeness (QED) is 0.582. The van der Waals surface area contributed by atoms with Gasteiger partial charge in [0.2, 0.25) is 0 Å². The lowest BCUT2D eigenvalue weighted by Crippen LogP contribution is -2.49. The first-order valence-electron chi connectivity index (χ1n) is 10.9. The number of carbonyl (C=O) groups excluding carboxylic acids is 2. The molecular formula is C25H23F2N5O3. The van der Waals surface area contributed by atoms with Gasteiger partial charge < -0.3 is 10.1 Å². The Labute approximate surface area is 200 Å². The summed E-state index contributed by atoms with van der Waals surface area (Å²) in [5.41, 5.74) is 0.697. The van der Waals surface area contributed by atoms with E-state index in [2.05, 4.69) is 27.2 Å². The lowest BCUT2D eigenvalue weighted by atomic mass is 10.2. The van der Waals surface area contributed by atoms with Gasteiger partial charge in [0.15, 0.2) is 23.1 Å². The van der Waals surface area contributed by atoms with Crippen LogP contribution in [0.3, 0.4) is 0 Å². The highest BCUT2D eigenvalue weighted by Gasteiger charge is 2.33. The Morgan fingerprint density at radius 2 is 1.97 bits per heavy atom. The monoisotopic (exact) mass is 479 g/mol. The third-order valence-electron chi connectivity index (χ3n) is 5.18. The minimum atomic E-state index is -1.09. The molecule has 10 heteroatoms. The van der Waals surface area contributed by atoms with Crippen molar-refractivity contribution in [2.45, 2.75) is 26.4 Å². The smallest absolute Gasteiger partial charge is 0.275 e. The molecule has 0 unspecified atom stereocenters. The molecule has 0 saturated heterocycles. The highest BCUT2D eigenvalue weighted by molar-refractivity contribution is 6.02. The van der Waals surface area contributed by atoms with Gasteiger partial charge in [0.25, 0.3) is 11.8 Å². The maximum Gasteiger partial charge on any atom is 0.275 e. The summed E-state index contributed by atoms with van der Waals surface area (Å²) in [7, 11) is 1.51. The van der Waals surface area contributed by atoms with Crippen LogP contribution >= 0.6 is 0 Å². The van der Waals surface area contributed by atoms with Gasteiger partial charge in [-0.15, -0.1) is 0 Å². The molecule has 1 aliphatic rings. The van der Waals surface area contributed by atoms with Gasteiger partial charge >= 0.3 is 0 Å². The summed E-state index contributed by atoms with van der Waals surface area (Å²) in [6.07, 6.45) is 1.06. The maximum absolute atomic E-state index is 14.5. The van der Waals surface area contributed by atoms with Crippen molar-refractivity contribution in [3.63, 3.8) is 0 Å². The van der Waals surface area contributed by atoms with E-state index in [0.29, 0.717) is 17.0 Å². The molecule has 8 nitrogen and oxygen atoms in total. The average Bonchev–Trinajstić information content (AvgIpc) is 3.15. The molecule has 1 atom stereocenters. The number of halogens is 2. The van der Waals surface area contributed by atoms with Crippen LogP contribution in [0.15, 0.2) is 42.6 Å². The molecule has 1 aliphatic heterocycles. The predicted molar refractivity (Wildman–Crippen MR) is 124 cm³/mol. The minimum Gasteiger partial charge on any atom is -0.487 e. The van der Waals surface area contributed by atoms with Crippen LogP contribution in [0.1, 0.15) is 35.6 Å². The Kier molecular flexibility index (Phi) is 6.78. The molecule has 0 fully saturated rings. The van der Waals surface area contributed by atoms with E-state index in [4.69, 9.17) is 4.74 Å². The van der Waals surface area contributed by atoms with E-state index in [9.17, 15) is 18.4 Å². The van der Waals surface area contributed by atoms with Crippen LogP contribution in [0.25, 0.3) is 0 Å². The number of fused-ring (bicyclic) bond motifs is 1. The Morgan fingerprint density at radius 3 is 2.69 bits per heavy atom. The SMILES string of the molecule is CC(C)C#Cc1ccc2c(n1)N(C)C(=O)[C@@H](NC(=O)c1nn(Cc3ccc(F)cc3)cc1F)CO2. The number of hydrogen-bond acceptors (Lipinski definition) is 5. The second-order valence-electron chi connectivity index (χ2n) is 8.33. The molecule has 3 aromatic rings. The first-order valence-corrected chi connectivity index (χ1v) is 10.9. The highest BCUT2D eigenvalue weighted by Crippen LogP contribution is 2.28. The van der Waals surface area contributed by atoms with Gasteiger partial charge in [-0.05, 0) is 35.7 Å². The molecule has 180 valence electrons. The highest BCUT2D eigenvalue weighted by atomic mass is 19.1. The molecule has 4 rings (SSSR count).